The van der Waals surface area contributed by atoms with Crippen LogP contribution in [0.2, 0.25) is 0 Å². The number of benzene rings is 1. The topological polar surface area (TPSA) is 99.9 Å². The summed E-state index contributed by atoms with van der Waals surface area (Å²) in [7, 11) is 0. The minimum atomic E-state index is -0.859. The van der Waals surface area contributed by atoms with Gasteiger partial charge in [0.15, 0.2) is 0 Å². The van der Waals surface area contributed by atoms with Gasteiger partial charge in [-0.3, -0.25) is 4.79 Å². The molecule has 1 atom stereocenters. The molecule has 1 aromatic carbocycles. The molecular formula is C18H26N2O5. The first-order chi connectivity index (χ1) is 11.7. The summed E-state index contributed by atoms with van der Waals surface area (Å²) in [6.45, 7) is 6.07. The largest absolute Gasteiger partial charge is 0.460 e. The van der Waals surface area contributed by atoms with Crippen molar-refractivity contribution >= 4 is 12.1 Å². The first-order valence-corrected chi connectivity index (χ1v) is 8.24. The number of ether oxygens (including phenoxy) is 3. The molecule has 0 bridgehead atoms. The van der Waals surface area contributed by atoms with Crippen LogP contribution in [-0.2, 0) is 25.6 Å². The molecule has 0 radical (unpaired) electrons. The van der Waals surface area contributed by atoms with Crippen molar-refractivity contribution < 1.29 is 23.8 Å². The molecule has 7 nitrogen and oxygen atoms in total. The lowest BCUT2D eigenvalue weighted by atomic mass is 9.89. The van der Waals surface area contributed by atoms with E-state index in [-0.39, 0.29) is 26.2 Å². The molecule has 1 aliphatic heterocycles. The van der Waals surface area contributed by atoms with Crippen LogP contribution in [-0.4, -0.2) is 42.5 Å². The van der Waals surface area contributed by atoms with Gasteiger partial charge in [-0.25, -0.2) is 4.79 Å². The molecule has 1 amide bonds. The quantitative estimate of drug-likeness (QED) is 0.758. The molecule has 1 aromatic rings. The Morgan fingerprint density at radius 1 is 1.28 bits per heavy atom. The van der Waals surface area contributed by atoms with Crippen LogP contribution in [0, 0.1) is 0 Å². The molecule has 1 aliphatic rings. The van der Waals surface area contributed by atoms with E-state index in [0.29, 0.717) is 0 Å². The average molecular weight is 350 g/mol. The zero-order valence-electron chi connectivity index (χ0n) is 14.9. The molecule has 7 heteroatoms. The van der Waals surface area contributed by atoms with Crippen molar-refractivity contribution in [2.24, 2.45) is 5.73 Å². The summed E-state index contributed by atoms with van der Waals surface area (Å²) in [6, 6.07) is 8.50. The fraction of sp³-hybridized carbons (Fsp3) is 0.556. The standard InChI is InChI=1S/C18H26N2O5/c1-17(2,3)25-16(22)20-18(11-23-12-18)9-14(19)15(21)24-10-13-7-5-4-6-8-13/h4-8,14H,9-12,19H2,1-3H3,(H,20,22). The SMILES string of the molecule is CC(C)(C)OC(=O)NC1(CC(N)C(=O)OCc2ccccc2)COC1. The molecule has 1 saturated heterocycles. The Morgan fingerprint density at radius 3 is 2.44 bits per heavy atom. The molecule has 1 fully saturated rings. The predicted molar refractivity (Wildman–Crippen MR) is 91.8 cm³/mol. The van der Waals surface area contributed by atoms with Gasteiger partial charge in [0.05, 0.1) is 18.8 Å². The number of amides is 1. The fourth-order valence-electron chi connectivity index (χ4n) is 2.45. The summed E-state index contributed by atoms with van der Waals surface area (Å²) in [4.78, 5) is 24.1. The van der Waals surface area contributed by atoms with Crippen LogP contribution in [0.25, 0.3) is 0 Å². The number of carbonyl (C=O) groups is 2. The zero-order valence-corrected chi connectivity index (χ0v) is 14.9. The van der Waals surface area contributed by atoms with Crippen molar-refractivity contribution in [1.82, 2.24) is 5.32 Å². The highest BCUT2D eigenvalue weighted by atomic mass is 16.6. The third-order valence-corrected chi connectivity index (χ3v) is 3.66. The van der Waals surface area contributed by atoms with Crippen molar-refractivity contribution in [2.45, 2.75) is 51.0 Å². The van der Waals surface area contributed by atoms with Crippen LogP contribution < -0.4 is 11.1 Å². The van der Waals surface area contributed by atoms with Gasteiger partial charge >= 0.3 is 12.1 Å². The van der Waals surface area contributed by atoms with E-state index in [1.54, 1.807) is 20.8 Å². The van der Waals surface area contributed by atoms with Crippen LogP contribution in [0.3, 0.4) is 0 Å². The highest BCUT2D eigenvalue weighted by Crippen LogP contribution is 2.24. The number of nitrogens with two attached hydrogens (primary N) is 1. The van der Waals surface area contributed by atoms with E-state index in [2.05, 4.69) is 5.32 Å². The monoisotopic (exact) mass is 350 g/mol. The van der Waals surface area contributed by atoms with E-state index in [0.717, 1.165) is 5.56 Å². The van der Waals surface area contributed by atoms with Gasteiger partial charge in [-0.15, -0.1) is 0 Å². The Labute approximate surface area is 147 Å². The van der Waals surface area contributed by atoms with Gasteiger partial charge in [-0.1, -0.05) is 30.3 Å². The van der Waals surface area contributed by atoms with Crippen molar-refractivity contribution in [2.75, 3.05) is 13.2 Å². The van der Waals surface area contributed by atoms with Crippen LogP contribution in [0.5, 0.6) is 0 Å². The molecule has 1 unspecified atom stereocenters. The first-order valence-electron chi connectivity index (χ1n) is 8.24. The lowest BCUT2D eigenvalue weighted by Crippen LogP contribution is -2.65. The van der Waals surface area contributed by atoms with E-state index >= 15 is 0 Å². The smallest absolute Gasteiger partial charge is 0.408 e. The summed E-state index contributed by atoms with van der Waals surface area (Å²) >= 11 is 0. The van der Waals surface area contributed by atoms with Crippen LogP contribution >= 0.6 is 0 Å². The number of hydrogen-bond donors (Lipinski definition) is 2. The lowest BCUT2D eigenvalue weighted by Gasteiger charge is -2.43. The molecule has 138 valence electrons. The van der Waals surface area contributed by atoms with Crippen LogP contribution in [0.1, 0.15) is 32.8 Å². The predicted octanol–water partition coefficient (Wildman–Crippen LogP) is 1.74. The summed E-state index contributed by atoms with van der Waals surface area (Å²) in [5.41, 5.74) is 5.54. The molecule has 3 N–H and O–H groups in total. The Hall–Kier alpha value is -2.12. The second-order valence-corrected chi connectivity index (χ2v) is 7.30. The van der Waals surface area contributed by atoms with E-state index in [9.17, 15) is 9.59 Å². The Morgan fingerprint density at radius 2 is 1.92 bits per heavy atom. The summed E-state index contributed by atoms with van der Waals surface area (Å²) in [5.74, 6) is -0.513. The van der Waals surface area contributed by atoms with Crippen LogP contribution in [0.15, 0.2) is 30.3 Å². The van der Waals surface area contributed by atoms with Gasteiger partial charge in [0.25, 0.3) is 0 Å². The van der Waals surface area contributed by atoms with E-state index < -0.39 is 29.2 Å². The third kappa shape index (κ3) is 6.03. The summed E-state index contributed by atoms with van der Waals surface area (Å²) in [5, 5.41) is 2.77. The first kappa shape index (κ1) is 19.2. The lowest BCUT2D eigenvalue weighted by molar-refractivity contribution is -0.149. The molecule has 0 saturated carbocycles. The van der Waals surface area contributed by atoms with Crippen molar-refractivity contribution in [3.05, 3.63) is 35.9 Å². The molecule has 1 heterocycles. The Kier molecular flexibility index (Phi) is 6.02. The second kappa shape index (κ2) is 7.84. The summed E-state index contributed by atoms with van der Waals surface area (Å²) in [6.07, 6.45) is -0.333. The minimum Gasteiger partial charge on any atom is -0.460 e. The second-order valence-electron chi connectivity index (χ2n) is 7.30. The van der Waals surface area contributed by atoms with Gasteiger partial charge in [0.1, 0.15) is 18.2 Å². The minimum absolute atomic E-state index is 0.163. The van der Waals surface area contributed by atoms with Gasteiger partial charge in [0, 0.05) is 6.42 Å². The maximum Gasteiger partial charge on any atom is 0.408 e. The zero-order chi connectivity index (χ0) is 18.5. The molecule has 0 spiro atoms. The third-order valence-electron chi connectivity index (χ3n) is 3.66. The number of nitrogens with one attached hydrogen (secondary N) is 1. The maximum absolute atomic E-state index is 12.1. The maximum atomic E-state index is 12.1. The van der Waals surface area contributed by atoms with Gasteiger partial charge in [-0.05, 0) is 26.3 Å². The molecule has 0 aromatic heterocycles. The molecule has 2 rings (SSSR count). The number of esters is 1. The van der Waals surface area contributed by atoms with Crippen LogP contribution in [0.4, 0.5) is 4.79 Å². The van der Waals surface area contributed by atoms with Crippen molar-refractivity contribution in [3.8, 4) is 0 Å². The molecular weight excluding hydrogens is 324 g/mol. The van der Waals surface area contributed by atoms with Gasteiger partial charge in [-0.2, -0.15) is 0 Å². The fourth-order valence-corrected chi connectivity index (χ4v) is 2.45. The summed E-state index contributed by atoms with van der Waals surface area (Å²) < 4.78 is 15.7. The number of hydrogen-bond acceptors (Lipinski definition) is 6. The molecule has 0 aliphatic carbocycles. The van der Waals surface area contributed by atoms with E-state index in [1.807, 2.05) is 30.3 Å². The van der Waals surface area contributed by atoms with Crippen molar-refractivity contribution in [3.63, 3.8) is 0 Å². The van der Waals surface area contributed by atoms with E-state index in [1.165, 1.54) is 0 Å². The number of carbonyl (C=O) groups excluding carboxylic acids is 2. The Balaban J connectivity index is 1.85. The molecule has 25 heavy (non-hydrogen) atoms. The Bertz CT molecular complexity index is 593. The number of rotatable bonds is 6. The van der Waals surface area contributed by atoms with Gasteiger partial charge in [0.2, 0.25) is 0 Å². The van der Waals surface area contributed by atoms with E-state index in [4.69, 9.17) is 19.9 Å². The van der Waals surface area contributed by atoms with Crippen molar-refractivity contribution in [1.29, 1.82) is 0 Å². The highest BCUT2D eigenvalue weighted by Gasteiger charge is 2.43. The average Bonchev–Trinajstić information content (AvgIpc) is 2.49. The highest BCUT2D eigenvalue weighted by molar-refractivity contribution is 5.76. The normalized spacial score (nSPS) is 17.1. The number of alkyl carbamates (subject to hydrolysis) is 1. The van der Waals surface area contributed by atoms with Gasteiger partial charge < -0.3 is 25.3 Å².